The third-order valence-corrected chi connectivity index (χ3v) is 3.54. The van der Waals surface area contributed by atoms with Crippen molar-refractivity contribution in [3.05, 3.63) is 48.6 Å². The van der Waals surface area contributed by atoms with Crippen molar-refractivity contribution in [2.45, 2.75) is 13.3 Å². The number of hydrogen-bond acceptors (Lipinski definition) is 6. The fraction of sp³-hybridized carbons (Fsp3) is 0.118. The Morgan fingerprint density at radius 3 is 2.65 bits per heavy atom. The third-order valence-electron chi connectivity index (χ3n) is 3.54. The predicted octanol–water partition coefficient (Wildman–Crippen LogP) is 4.75. The average Bonchev–Trinajstić information content (AvgIpc) is 3.19. The SMILES string of the molecule is Cc1nnc(-c2ccc3occ(-c4cccc(OC(F)(F)F)c4)c3n2)o1. The minimum Gasteiger partial charge on any atom is -0.462 e. The summed E-state index contributed by atoms with van der Waals surface area (Å²) in [5.41, 5.74) is 2.36. The Labute approximate surface area is 144 Å². The van der Waals surface area contributed by atoms with Gasteiger partial charge >= 0.3 is 6.36 Å². The number of pyridine rings is 1. The van der Waals surface area contributed by atoms with Crippen molar-refractivity contribution in [3.63, 3.8) is 0 Å². The second-order valence-electron chi connectivity index (χ2n) is 5.39. The van der Waals surface area contributed by atoms with Gasteiger partial charge in [-0.25, -0.2) is 4.98 Å². The van der Waals surface area contributed by atoms with Gasteiger partial charge in [0.05, 0.1) is 0 Å². The highest BCUT2D eigenvalue weighted by atomic mass is 19.4. The molecule has 1 aromatic carbocycles. The molecule has 132 valence electrons. The van der Waals surface area contributed by atoms with Crippen LogP contribution in [0.4, 0.5) is 13.2 Å². The van der Waals surface area contributed by atoms with Crippen LogP contribution in [0, 0.1) is 6.92 Å². The lowest BCUT2D eigenvalue weighted by molar-refractivity contribution is -0.274. The Hall–Kier alpha value is -3.36. The van der Waals surface area contributed by atoms with Crippen LogP contribution in [-0.2, 0) is 0 Å². The van der Waals surface area contributed by atoms with Gasteiger partial charge in [0.25, 0.3) is 5.89 Å². The van der Waals surface area contributed by atoms with Gasteiger partial charge in [-0.05, 0) is 29.8 Å². The molecule has 0 aliphatic heterocycles. The summed E-state index contributed by atoms with van der Waals surface area (Å²) in [4.78, 5) is 4.45. The molecule has 0 amide bonds. The van der Waals surface area contributed by atoms with Crippen LogP contribution in [0.3, 0.4) is 0 Å². The molecule has 0 atom stereocenters. The summed E-state index contributed by atoms with van der Waals surface area (Å²) < 4.78 is 52.1. The van der Waals surface area contributed by atoms with Crippen molar-refractivity contribution < 1.29 is 26.7 Å². The first kappa shape index (κ1) is 16.1. The summed E-state index contributed by atoms with van der Waals surface area (Å²) in [6.07, 6.45) is -3.34. The average molecular weight is 361 g/mol. The number of aryl methyl sites for hydroxylation is 1. The summed E-state index contributed by atoms with van der Waals surface area (Å²) in [5, 5.41) is 7.66. The zero-order valence-corrected chi connectivity index (χ0v) is 13.2. The lowest BCUT2D eigenvalue weighted by Crippen LogP contribution is -2.17. The molecule has 0 bridgehead atoms. The largest absolute Gasteiger partial charge is 0.573 e. The number of alkyl halides is 3. The molecule has 3 aromatic heterocycles. The molecule has 26 heavy (non-hydrogen) atoms. The van der Waals surface area contributed by atoms with Gasteiger partial charge in [-0.3, -0.25) is 0 Å². The van der Waals surface area contributed by atoms with Gasteiger partial charge in [-0.2, -0.15) is 0 Å². The smallest absolute Gasteiger partial charge is 0.462 e. The van der Waals surface area contributed by atoms with Crippen molar-refractivity contribution >= 4 is 11.1 Å². The molecule has 3 heterocycles. The first-order valence-electron chi connectivity index (χ1n) is 7.44. The van der Waals surface area contributed by atoms with Crippen LogP contribution >= 0.6 is 0 Å². The van der Waals surface area contributed by atoms with Crippen LogP contribution in [0.2, 0.25) is 0 Å². The molecule has 0 spiro atoms. The molecule has 0 aliphatic carbocycles. The summed E-state index contributed by atoms with van der Waals surface area (Å²) >= 11 is 0. The van der Waals surface area contributed by atoms with Crippen LogP contribution in [-0.4, -0.2) is 21.5 Å². The number of furan rings is 1. The summed E-state index contributed by atoms with van der Waals surface area (Å²) in [6, 6.07) is 8.92. The fourth-order valence-corrected chi connectivity index (χ4v) is 2.50. The van der Waals surface area contributed by atoms with Gasteiger partial charge in [-0.15, -0.1) is 23.4 Å². The van der Waals surface area contributed by atoms with E-state index in [4.69, 9.17) is 8.83 Å². The van der Waals surface area contributed by atoms with Crippen LogP contribution < -0.4 is 4.74 Å². The number of halogens is 3. The summed E-state index contributed by atoms with van der Waals surface area (Å²) in [6.45, 7) is 1.66. The van der Waals surface area contributed by atoms with Crippen molar-refractivity contribution in [1.82, 2.24) is 15.2 Å². The topological polar surface area (TPSA) is 74.2 Å². The molecule has 0 unspecified atom stereocenters. The van der Waals surface area contributed by atoms with Crippen LogP contribution in [0.1, 0.15) is 5.89 Å². The third kappa shape index (κ3) is 3.10. The summed E-state index contributed by atoms with van der Waals surface area (Å²) in [5.74, 6) is 0.310. The van der Waals surface area contributed by atoms with Crippen LogP contribution in [0.15, 0.2) is 51.5 Å². The van der Waals surface area contributed by atoms with E-state index in [1.54, 1.807) is 25.1 Å². The Balaban J connectivity index is 1.78. The standard InChI is InChI=1S/C17H10F3N3O3/c1-9-22-23-16(25-9)13-5-6-14-15(21-13)12(8-24-14)10-3-2-4-11(7-10)26-17(18,19)20/h2-8H,1H3. The van der Waals surface area contributed by atoms with E-state index in [0.717, 1.165) is 0 Å². The molecule has 0 radical (unpaired) electrons. The Bertz CT molecular complexity index is 1090. The molecule has 4 aromatic rings. The molecule has 0 saturated carbocycles. The first-order chi connectivity index (χ1) is 12.4. The lowest BCUT2D eigenvalue weighted by atomic mass is 10.1. The lowest BCUT2D eigenvalue weighted by Gasteiger charge is -2.09. The molecule has 0 saturated heterocycles. The minimum atomic E-state index is -4.77. The van der Waals surface area contributed by atoms with Crippen molar-refractivity contribution in [1.29, 1.82) is 0 Å². The van der Waals surface area contributed by atoms with Gasteiger partial charge in [0.15, 0.2) is 5.58 Å². The Morgan fingerprint density at radius 1 is 1.08 bits per heavy atom. The number of hydrogen-bond donors (Lipinski definition) is 0. The molecule has 9 heteroatoms. The normalized spacial score (nSPS) is 11.8. The number of ether oxygens (including phenoxy) is 1. The van der Waals surface area contributed by atoms with Gasteiger partial charge in [-0.1, -0.05) is 12.1 Å². The molecule has 0 aliphatic rings. The van der Waals surface area contributed by atoms with E-state index >= 15 is 0 Å². The van der Waals surface area contributed by atoms with Crippen LogP contribution in [0.5, 0.6) is 5.75 Å². The van der Waals surface area contributed by atoms with E-state index in [1.165, 1.54) is 24.5 Å². The van der Waals surface area contributed by atoms with E-state index in [-0.39, 0.29) is 11.6 Å². The predicted molar refractivity (Wildman–Crippen MR) is 84.2 cm³/mol. The van der Waals surface area contributed by atoms with E-state index in [2.05, 4.69) is 19.9 Å². The first-order valence-corrected chi connectivity index (χ1v) is 7.44. The highest BCUT2D eigenvalue weighted by molar-refractivity contribution is 5.92. The molecule has 0 N–H and O–H groups in total. The van der Waals surface area contributed by atoms with Gasteiger partial charge < -0.3 is 13.6 Å². The van der Waals surface area contributed by atoms with Crippen LogP contribution in [0.25, 0.3) is 33.8 Å². The maximum Gasteiger partial charge on any atom is 0.573 e. The molecule has 6 nitrogen and oxygen atoms in total. The van der Waals surface area contributed by atoms with Gasteiger partial charge in [0.2, 0.25) is 5.89 Å². The Morgan fingerprint density at radius 2 is 1.92 bits per heavy atom. The number of benzene rings is 1. The maximum absolute atomic E-state index is 12.4. The van der Waals surface area contributed by atoms with E-state index in [1.807, 2.05) is 0 Å². The second-order valence-corrected chi connectivity index (χ2v) is 5.39. The molecular formula is C17H10F3N3O3. The molecule has 0 fully saturated rings. The fourth-order valence-electron chi connectivity index (χ4n) is 2.50. The maximum atomic E-state index is 12.4. The molecule has 4 rings (SSSR count). The number of fused-ring (bicyclic) bond motifs is 1. The second kappa shape index (κ2) is 5.87. The monoisotopic (exact) mass is 361 g/mol. The van der Waals surface area contributed by atoms with Gasteiger partial charge in [0.1, 0.15) is 23.2 Å². The minimum absolute atomic E-state index is 0.241. The van der Waals surface area contributed by atoms with Gasteiger partial charge in [0, 0.05) is 12.5 Å². The number of nitrogens with zero attached hydrogens (tertiary/aromatic N) is 3. The summed E-state index contributed by atoms with van der Waals surface area (Å²) in [7, 11) is 0. The van der Waals surface area contributed by atoms with E-state index in [9.17, 15) is 13.2 Å². The highest BCUT2D eigenvalue weighted by Gasteiger charge is 2.31. The number of rotatable bonds is 3. The van der Waals surface area contributed by atoms with Crippen molar-refractivity contribution in [3.8, 4) is 28.5 Å². The number of aromatic nitrogens is 3. The zero-order valence-electron chi connectivity index (χ0n) is 13.2. The zero-order chi connectivity index (χ0) is 18.3. The quantitative estimate of drug-likeness (QED) is 0.524. The van der Waals surface area contributed by atoms with E-state index in [0.29, 0.717) is 33.8 Å². The Kier molecular flexibility index (Phi) is 3.64. The highest BCUT2D eigenvalue weighted by Crippen LogP contribution is 2.33. The van der Waals surface area contributed by atoms with E-state index < -0.39 is 6.36 Å². The molecular weight excluding hydrogens is 351 g/mol. The van der Waals surface area contributed by atoms with Crippen molar-refractivity contribution in [2.24, 2.45) is 0 Å². The van der Waals surface area contributed by atoms with Crippen molar-refractivity contribution in [2.75, 3.05) is 0 Å².